The third kappa shape index (κ3) is 6.16. The lowest BCUT2D eigenvalue weighted by Gasteiger charge is -2.34. The van der Waals surface area contributed by atoms with Crippen LogP contribution in [0.25, 0.3) is 0 Å². The van der Waals surface area contributed by atoms with Gasteiger partial charge in [-0.15, -0.1) is 0 Å². The SMILES string of the molecule is O=C(CCN1CCN(Cc2ccccn2)CC1)NC(=O)Nc1ccc2c(c1)OCCO2. The molecule has 2 aliphatic heterocycles. The maximum Gasteiger partial charge on any atom is 0.325 e. The minimum atomic E-state index is -0.554. The van der Waals surface area contributed by atoms with Gasteiger partial charge in [0.1, 0.15) is 13.2 Å². The van der Waals surface area contributed by atoms with Gasteiger partial charge in [-0.25, -0.2) is 4.79 Å². The van der Waals surface area contributed by atoms with Gasteiger partial charge in [0.25, 0.3) is 0 Å². The Labute approximate surface area is 181 Å². The van der Waals surface area contributed by atoms with Crippen LogP contribution >= 0.6 is 0 Å². The molecule has 164 valence electrons. The number of anilines is 1. The summed E-state index contributed by atoms with van der Waals surface area (Å²) in [6.07, 6.45) is 2.09. The third-order valence-electron chi connectivity index (χ3n) is 5.28. The molecule has 1 aromatic heterocycles. The quantitative estimate of drug-likeness (QED) is 0.727. The van der Waals surface area contributed by atoms with Gasteiger partial charge in [0.15, 0.2) is 11.5 Å². The standard InChI is InChI=1S/C22H27N5O4/c28-21(25-22(29)24-17-4-5-19-20(15-17)31-14-13-30-19)6-8-26-9-11-27(12-10-26)16-18-3-1-2-7-23-18/h1-5,7,15H,6,8-14,16H2,(H2,24,25,28,29). The maximum absolute atomic E-state index is 12.2. The average molecular weight is 425 g/mol. The van der Waals surface area contributed by atoms with Crippen molar-refractivity contribution in [1.29, 1.82) is 0 Å². The van der Waals surface area contributed by atoms with Gasteiger partial charge in [0.2, 0.25) is 5.91 Å². The lowest BCUT2D eigenvalue weighted by molar-refractivity contribution is -0.120. The number of benzene rings is 1. The van der Waals surface area contributed by atoms with Crippen LogP contribution in [0.15, 0.2) is 42.6 Å². The molecule has 1 aromatic carbocycles. The number of rotatable bonds is 6. The Kier molecular flexibility index (Phi) is 6.96. The normalized spacial score (nSPS) is 16.5. The molecule has 2 aromatic rings. The van der Waals surface area contributed by atoms with Crippen LogP contribution < -0.4 is 20.1 Å². The van der Waals surface area contributed by atoms with Gasteiger partial charge in [0, 0.05) is 63.6 Å². The number of urea groups is 1. The summed E-state index contributed by atoms with van der Waals surface area (Å²) in [5.74, 6) is 0.928. The fraction of sp³-hybridized carbons (Fsp3) is 0.409. The van der Waals surface area contributed by atoms with E-state index in [2.05, 4.69) is 25.4 Å². The number of imide groups is 1. The number of hydrogen-bond donors (Lipinski definition) is 2. The van der Waals surface area contributed by atoms with Crippen LogP contribution in [0.3, 0.4) is 0 Å². The van der Waals surface area contributed by atoms with Gasteiger partial charge in [-0.05, 0) is 24.3 Å². The van der Waals surface area contributed by atoms with E-state index in [0.29, 0.717) is 36.9 Å². The minimum absolute atomic E-state index is 0.273. The molecular weight excluding hydrogens is 398 g/mol. The number of nitrogens with zero attached hydrogens (tertiary/aromatic N) is 3. The van der Waals surface area contributed by atoms with Crippen LogP contribution in [0.4, 0.5) is 10.5 Å². The molecular formula is C22H27N5O4. The molecule has 9 nitrogen and oxygen atoms in total. The number of piperazine rings is 1. The van der Waals surface area contributed by atoms with E-state index in [9.17, 15) is 9.59 Å². The van der Waals surface area contributed by atoms with Crippen LogP contribution in [0.5, 0.6) is 11.5 Å². The highest BCUT2D eigenvalue weighted by Gasteiger charge is 2.19. The second-order valence-corrected chi connectivity index (χ2v) is 7.55. The van der Waals surface area contributed by atoms with Crippen molar-refractivity contribution in [3.8, 4) is 11.5 Å². The summed E-state index contributed by atoms with van der Waals surface area (Å²) in [7, 11) is 0. The second-order valence-electron chi connectivity index (χ2n) is 7.55. The Bertz CT molecular complexity index is 900. The molecule has 0 saturated carbocycles. The van der Waals surface area contributed by atoms with E-state index in [1.54, 1.807) is 18.2 Å². The largest absolute Gasteiger partial charge is 0.486 e. The summed E-state index contributed by atoms with van der Waals surface area (Å²) >= 11 is 0. The second kappa shape index (κ2) is 10.2. The summed E-state index contributed by atoms with van der Waals surface area (Å²) in [6, 6.07) is 10.5. The zero-order chi connectivity index (χ0) is 21.5. The number of aromatic nitrogens is 1. The molecule has 4 rings (SSSR count). The molecule has 9 heteroatoms. The number of carbonyl (C=O) groups excluding carboxylic acids is 2. The molecule has 31 heavy (non-hydrogen) atoms. The molecule has 1 saturated heterocycles. The molecule has 0 aliphatic carbocycles. The van der Waals surface area contributed by atoms with E-state index in [4.69, 9.17) is 9.47 Å². The third-order valence-corrected chi connectivity index (χ3v) is 5.28. The van der Waals surface area contributed by atoms with E-state index >= 15 is 0 Å². The Balaban J connectivity index is 1.15. The number of amides is 3. The molecule has 3 heterocycles. The summed E-state index contributed by atoms with van der Waals surface area (Å²) in [5.41, 5.74) is 1.61. The van der Waals surface area contributed by atoms with Crippen LogP contribution in [0.1, 0.15) is 12.1 Å². The summed E-state index contributed by atoms with van der Waals surface area (Å²) in [5, 5.41) is 5.04. The number of ether oxygens (including phenoxy) is 2. The van der Waals surface area contributed by atoms with Crippen molar-refractivity contribution in [2.24, 2.45) is 0 Å². The van der Waals surface area contributed by atoms with Crippen molar-refractivity contribution in [1.82, 2.24) is 20.1 Å². The predicted molar refractivity (Wildman–Crippen MR) is 115 cm³/mol. The average Bonchev–Trinajstić information content (AvgIpc) is 2.79. The van der Waals surface area contributed by atoms with Gasteiger partial charge in [0.05, 0.1) is 5.69 Å². The van der Waals surface area contributed by atoms with E-state index in [0.717, 1.165) is 38.4 Å². The Morgan fingerprint density at radius 2 is 1.74 bits per heavy atom. The fourth-order valence-electron chi connectivity index (χ4n) is 3.62. The highest BCUT2D eigenvalue weighted by Crippen LogP contribution is 2.32. The Hall–Kier alpha value is -3.17. The zero-order valence-corrected chi connectivity index (χ0v) is 17.4. The molecule has 3 amide bonds. The predicted octanol–water partition coefficient (Wildman–Crippen LogP) is 1.71. The first kappa shape index (κ1) is 21.1. The molecule has 0 atom stereocenters. The maximum atomic E-state index is 12.2. The highest BCUT2D eigenvalue weighted by atomic mass is 16.6. The van der Waals surface area contributed by atoms with E-state index in [1.807, 2.05) is 24.4 Å². The lowest BCUT2D eigenvalue weighted by atomic mass is 10.2. The monoisotopic (exact) mass is 425 g/mol. The van der Waals surface area contributed by atoms with Crippen LogP contribution in [-0.2, 0) is 11.3 Å². The molecule has 0 unspecified atom stereocenters. The Morgan fingerprint density at radius 1 is 0.968 bits per heavy atom. The smallest absolute Gasteiger partial charge is 0.325 e. The van der Waals surface area contributed by atoms with Crippen LogP contribution in [0, 0.1) is 0 Å². The van der Waals surface area contributed by atoms with E-state index in [1.165, 1.54) is 0 Å². The van der Waals surface area contributed by atoms with E-state index < -0.39 is 6.03 Å². The van der Waals surface area contributed by atoms with Crippen molar-refractivity contribution in [3.63, 3.8) is 0 Å². The van der Waals surface area contributed by atoms with Gasteiger partial charge in [-0.2, -0.15) is 0 Å². The molecule has 0 spiro atoms. The summed E-state index contributed by atoms with van der Waals surface area (Å²) in [4.78, 5) is 33.3. The van der Waals surface area contributed by atoms with Crippen molar-refractivity contribution in [2.75, 3.05) is 51.3 Å². The molecule has 2 aliphatic rings. The Morgan fingerprint density at radius 3 is 2.52 bits per heavy atom. The van der Waals surface area contributed by atoms with Gasteiger partial charge in [-0.3, -0.25) is 20.0 Å². The molecule has 2 N–H and O–H groups in total. The van der Waals surface area contributed by atoms with Crippen molar-refractivity contribution >= 4 is 17.6 Å². The molecule has 0 bridgehead atoms. The fourth-order valence-corrected chi connectivity index (χ4v) is 3.62. The minimum Gasteiger partial charge on any atom is -0.486 e. The number of carbonyl (C=O) groups is 2. The van der Waals surface area contributed by atoms with Gasteiger partial charge >= 0.3 is 6.03 Å². The van der Waals surface area contributed by atoms with Crippen molar-refractivity contribution < 1.29 is 19.1 Å². The summed E-state index contributed by atoms with van der Waals surface area (Å²) in [6.45, 7) is 6.10. The lowest BCUT2D eigenvalue weighted by Crippen LogP contribution is -2.47. The first-order valence-electron chi connectivity index (χ1n) is 10.5. The first-order chi connectivity index (χ1) is 15.2. The highest BCUT2D eigenvalue weighted by molar-refractivity contribution is 6.01. The molecule has 0 radical (unpaired) electrons. The van der Waals surface area contributed by atoms with E-state index in [-0.39, 0.29) is 12.3 Å². The van der Waals surface area contributed by atoms with Crippen LogP contribution in [0.2, 0.25) is 0 Å². The topological polar surface area (TPSA) is 96.0 Å². The number of pyridine rings is 1. The van der Waals surface area contributed by atoms with Gasteiger partial charge in [-0.1, -0.05) is 6.07 Å². The number of fused-ring (bicyclic) bond motifs is 1. The summed E-state index contributed by atoms with van der Waals surface area (Å²) < 4.78 is 11.0. The molecule has 1 fully saturated rings. The van der Waals surface area contributed by atoms with Crippen LogP contribution in [-0.4, -0.2) is 72.7 Å². The zero-order valence-electron chi connectivity index (χ0n) is 17.4. The van der Waals surface area contributed by atoms with Crippen molar-refractivity contribution in [3.05, 3.63) is 48.3 Å². The van der Waals surface area contributed by atoms with Crippen molar-refractivity contribution in [2.45, 2.75) is 13.0 Å². The first-order valence-corrected chi connectivity index (χ1v) is 10.5. The van der Waals surface area contributed by atoms with Gasteiger partial charge < -0.3 is 19.7 Å². The number of nitrogens with one attached hydrogen (secondary N) is 2. The number of hydrogen-bond acceptors (Lipinski definition) is 7.